The molecule has 0 amide bonds. The molecule has 0 bridgehead atoms. The molecule has 1 aromatic carbocycles. The van der Waals surface area contributed by atoms with Gasteiger partial charge in [-0.25, -0.2) is 0 Å². The van der Waals surface area contributed by atoms with Crippen molar-refractivity contribution >= 4 is 0 Å². The molecule has 0 spiro atoms. The van der Waals surface area contributed by atoms with E-state index in [1.807, 2.05) is 18.2 Å². The molecule has 0 aliphatic heterocycles. The van der Waals surface area contributed by atoms with Crippen molar-refractivity contribution in [1.82, 2.24) is 5.32 Å². The summed E-state index contributed by atoms with van der Waals surface area (Å²) in [6.07, 6.45) is 0.533. The molecule has 126 valence electrons. The highest BCUT2D eigenvalue weighted by Gasteiger charge is 2.25. The summed E-state index contributed by atoms with van der Waals surface area (Å²) in [6, 6.07) is 6.01. The molecular formula is C19H33NO2. The van der Waals surface area contributed by atoms with Crippen molar-refractivity contribution in [2.75, 3.05) is 13.2 Å². The van der Waals surface area contributed by atoms with E-state index in [4.69, 9.17) is 4.74 Å². The monoisotopic (exact) mass is 307 g/mol. The summed E-state index contributed by atoms with van der Waals surface area (Å²) in [7, 11) is 0. The van der Waals surface area contributed by atoms with Gasteiger partial charge in [0.2, 0.25) is 0 Å². The molecule has 3 nitrogen and oxygen atoms in total. The summed E-state index contributed by atoms with van der Waals surface area (Å²) in [5, 5.41) is 13.6. The summed E-state index contributed by atoms with van der Waals surface area (Å²) < 4.78 is 5.68. The highest BCUT2D eigenvalue weighted by molar-refractivity contribution is 5.33. The molecule has 0 saturated heterocycles. The minimum atomic E-state index is -0.513. The lowest BCUT2D eigenvalue weighted by Gasteiger charge is -2.34. The van der Waals surface area contributed by atoms with Gasteiger partial charge in [-0.15, -0.1) is 0 Å². The molecule has 1 atom stereocenters. The topological polar surface area (TPSA) is 41.5 Å². The zero-order valence-corrected chi connectivity index (χ0v) is 15.3. The van der Waals surface area contributed by atoms with E-state index in [1.54, 1.807) is 0 Å². The number of benzene rings is 1. The minimum Gasteiger partial charge on any atom is -0.491 e. The van der Waals surface area contributed by atoms with E-state index in [9.17, 15) is 5.11 Å². The number of aliphatic hydroxyl groups is 1. The standard InChI is InChI=1S/C19H33NO2/c1-14-8-9-17(10-15(14)2)22-12-16(21)11-20-19(6,7)13-18(3,4)5/h8-10,16,20-21H,11-13H2,1-7H3/t16-/m1/s1. The van der Waals surface area contributed by atoms with Crippen LogP contribution < -0.4 is 10.1 Å². The predicted molar refractivity (Wildman–Crippen MR) is 93.6 cm³/mol. The third kappa shape index (κ3) is 7.28. The summed E-state index contributed by atoms with van der Waals surface area (Å²) in [4.78, 5) is 0. The fraction of sp³-hybridized carbons (Fsp3) is 0.684. The van der Waals surface area contributed by atoms with Gasteiger partial charge in [0.15, 0.2) is 0 Å². The Balaban J connectivity index is 2.40. The zero-order chi connectivity index (χ0) is 17.0. The molecule has 1 rings (SSSR count). The van der Waals surface area contributed by atoms with Crippen LogP contribution in [0.25, 0.3) is 0 Å². The lowest BCUT2D eigenvalue weighted by molar-refractivity contribution is 0.0944. The van der Waals surface area contributed by atoms with E-state index in [0.29, 0.717) is 13.2 Å². The van der Waals surface area contributed by atoms with Crippen molar-refractivity contribution in [3.05, 3.63) is 29.3 Å². The number of hydrogen-bond donors (Lipinski definition) is 2. The Bertz CT molecular complexity index is 475. The quantitative estimate of drug-likeness (QED) is 0.804. The number of aliphatic hydroxyl groups excluding tert-OH is 1. The largest absolute Gasteiger partial charge is 0.491 e. The van der Waals surface area contributed by atoms with Gasteiger partial charge < -0.3 is 15.2 Å². The van der Waals surface area contributed by atoms with Crippen LogP contribution in [0.1, 0.15) is 52.2 Å². The molecule has 0 saturated carbocycles. The second-order valence-corrected chi connectivity index (χ2v) is 8.21. The van der Waals surface area contributed by atoms with Crippen LogP contribution in [0.3, 0.4) is 0 Å². The summed E-state index contributed by atoms with van der Waals surface area (Å²) in [5.41, 5.74) is 2.71. The van der Waals surface area contributed by atoms with Gasteiger partial charge in [-0.2, -0.15) is 0 Å². The van der Waals surface area contributed by atoms with Gasteiger partial charge in [0.05, 0.1) is 0 Å². The number of ether oxygens (including phenoxy) is 1. The van der Waals surface area contributed by atoms with Crippen LogP contribution >= 0.6 is 0 Å². The summed E-state index contributed by atoms with van der Waals surface area (Å²) in [5.74, 6) is 0.816. The van der Waals surface area contributed by atoms with Crippen LogP contribution in [-0.2, 0) is 0 Å². The first-order valence-corrected chi connectivity index (χ1v) is 8.12. The van der Waals surface area contributed by atoms with E-state index >= 15 is 0 Å². The van der Waals surface area contributed by atoms with Gasteiger partial charge >= 0.3 is 0 Å². The number of β-amino-alcohol motifs (C(OH)–C–C–N with tert-alkyl or cyclic N) is 1. The molecule has 0 aliphatic rings. The SMILES string of the molecule is Cc1ccc(OC[C@H](O)CNC(C)(C)CC(C)(C)C)cc1C. The average Bonchev–Trinajstić information content (AvgIpc) is 2.35. The Morgan fingerprint density at radius 2 is 1.73 bits per heavy atom. The van der Waals surface area contributed by atoms with E-state index in [0.717, 1.165) is 12.2 Å². The highest BCUT2D eigenvalue weighted by Crippen LogP contribution is 2.26. The molecule has 0 unspecified atom stereocenters. The number of aryl methyl sites for hydroxylation is 2. The smallest absolute Gasteiger partial charge is 0.119 e. The molecule has 3 heteroatoms. The van der Waals surface area contributed by atoms with Gasteiger partial charge in [0, 0.05) is 12.1 Å². The number of rotatable bonds is 7. The Labute approximate surface area is 136 Å². The molecule has 0 fully saturated rings. The van der Waals surface area contributed by atoms with Gasteiger partial charge in [-0.3, -0.25) is 0 Å². The second-order valence-electron chi connectivity index (χ2n) is 8.21. The molecule has 0 aromatic heterocycles. The number of hydrogen-bond acceptors (Lipinski definition) is 3. The molecule has 0 radical (unpaired) electrons. The third-order valence-corrected chi connectivity index (χ3v) is 3.71. The summed E-state index contributed by atoms with van der Waals surface area (Å²) in [6.45, 7) is 16.0. The van der Waals surface area contributed by atoms with Crippen molar-refractivity contribution in [2.45, 2.75) is 66.5 Å². The Kier molecular flexibility index (Phi) is 6.45. The summed E-state index contributed by atoms with van der Waals surface area (Å²) >= 11 is 0. The van der Waals surface area contributed by atoms with Gasteiger partial charge in [0.25, 0.3) is 0 Å². The first-order valence-electron chi connectivity index (χ1n) is 8.12. The van der Waals surface area contributed by atoms with Crippen LogP contribution in [0.5, 0.6) is 5.75 Å². The first-order chi connectivity index (χ1) is 9.98. The zero-order valence-electron chi connectivity index (χ0n) is 15.3. The van der Waals surface area contributed by atoms with Crippen molar-refractivity contribution in [3.63, 3.8) is 0 Å². The minimum absolute atomic E-state index is 0.000320. The molecular weight excluding hydrogens is 274 g/mol. The number of nitrogens with one attached hydrogen (secondary N) is 1. The first kappa shape index (κ1) is 19.0. The fourth-order valence-electron chi connectivity index (χ4n) is 2.84. The maximum absolute atomic E-state index is 10.1. The normalized spacial score (nSPS) is 14.0. The van der Waals surface area contributed by atoms with Crippen LogP contribution in [-0.4, -0.2) is 29.9 Å². The lowest BCUT2D eigenvalue weighted by Crippen LogP contribution is -2.46. The van der Waals surface area contributed by atoms with Crippen LogP contribution in [0.2, 0.25) is 0 Å². The van der Waals surface area contributed by atoms with Gasteiger partial charge in [-0.1, -0.05) is 26.8 Å². The Hall–Kier alpha value is -1.06. The van der Waals surface area contributed by atoms with E-state index in [-0.39, 0.29) is 11.0 Å². The van der Waals surface area contributed by atoms with E-state index in [1.165, 1.54) is 11.1 Å². The average molecular weight is 307 g/mol. The molecule has 0 aliphatic carbocycles. The van der Waals surface area contributed by atoms with Crippen LogP contribution in [0.4, 0.5) is 0 Å². The maximum Gasteiger partial charge on any atom is 0.119 e. The van der Waals surface area contributed by atoms with Gasteiger partial charge in [0.1, 0.15) is 18.5 Å². The van der Waals surface area contributed by atoms with Crippen molar-refractivity contribution < 1.29 is 9.84 Å². The van der Waals surface area contributed by atoms with Crippen molar-refractivity contribution in [1.29, 1.82) is 0 Å². The fourth-order valence-corrected chi connectivity index (χ4v) is 2.84. The molecule has 2 N–H and O–H groups in total. The van der Waals surface area contributed by atoms with Gasteiger partial charge in [-0.05, 0) is 62.8 Å². The Morgan fingerprint density at radius 3 is 2.27 bits per heavy atom. The van der Waals surface area contributed by atoms with Crippen molar-refractivity contribution in [2.24, 2.45) is 5.41 Å². The van der Waals surface area contributed by atoms with Crippen LogP contribution in [0, 0.1) is 19.3 Å². The van der Waals surface area contributed by atoms with Crippen LogP contribution in [0.15, 0.2) is 18.2 Å². The predicted octanol–water partition coefficient (Wildman–Crippen LogP) is 3.85. The van der Waals surface area contributed by atoms with E-state index < -0.39 is 6.10 Å². The molecule has 0 heterocycles. The Morgan fingerprint density at radius 1 is 1.09 bits per heavy atom. The van der Waals surface area contributed by atoms with Crippen molar-refractivity contribution in [3.8, 4) is 5.75 Å². The second kappa shape index (κ2) is 7.47. The highest BCUT2D eigenvalue weighted by atomic mass is 16.5. The third-order valence-electron chi connectivity index (χ3n) is 3.71. The maximum atomic E-state index is 10.1. The van der Waals surface area contributed by atoms with E-state index in [2.05, 4.69) is 53.8 Å². The lowest BCUT2D eigenvalue weighted by atomic mass is 9.82. The molecule has 1 aromatic rings. The molecule has 22 heavy (non-hydrogen) atoms.